The van der Waals surface area contributed by atoms with Crippen molar-refractivity contribution in [1.82, 2.24) is 14.9 Å². The molecule has 0 spiro atoms. The van der Waals surface area contributed by atoms with Crippen LogP contribution in [0.5, 0.6) is 0 Å². The molecule has 0 saturated carbocycles. The number of nitrogens with one attached hydrogen (secondary N) is 1. The van der Waals surface area contributed by atoms with E-state index in [1.54, 1.807) is 0 Å². The number of hydrogen-bond acceptors (Lipinski definition) is 3. The van der Waals surface area contributed by atoms with E-state index in [0.29, 0.717) is 28.8 Å². The highest BCUT2D eigenvalue weighted by Gasteiger charge is 2.63. The van der Waals surface area contributed by atoms with E-state index in [2.05, 4.69) is 27.0 Å². The van der Waals surface area contributed by atoms with Gasteiger partial charge in [-0.3, -0.25) is 10.2 Å². The quantitative estimate of drug-likeness (QED) is 0.755. The molecule has 0 aliphatic carbocycles. The van der Waals surface area contributed by atoms with Crippen LogP contribution in [0.2, 0.25) is 10.0 Å². The van der Waals surface area contributed by atoms with Crippen LogP contribution in [0.1, 0.15) is 36.4 Å². The molecule has 0 radical (unpaired) electrons. The van der Waals surface area contributed by atoms with Crippen molar-refractivity contribution in [2.45, 2.75) is 43.0 Å². The Labute approximate surface area is 174 Å². The molecule has 2 fully saturated rings. The summed E-state index contributed by atoms with van der Waals surface area (Å²) >= 11 is 13.3. The minimum absolute atomic E-state index is 0.0344. The second kappa shape index (κ2) is 6.91. The van der Waals surface area contributed by atoms with Crippen molar-refractivity contribution in [2.24, 2.45) is 0 Å². The molecular formula is C22H22Cl2N3O+. The van der Waals surface area contributed by atoms with Crippen LogP contribution in [0.4, 0.5) is 0 Å². The fourth-order valence-electron chi connectivity index (χ4n) is 5.21. The van der Waals surface area contributed by atoms with Gasteiger partial charge >= 0.3 is 5.84 Å². The van der Waals surface area contributed by atoms with E-state index in [4.69, 9.17) is 23.2 Å². The van der Waals surface area contributed by atoms with Crippen LogP contribution in [0.3, 0.4) is 0 Å². The van der Waals surface area contributed by atoms with Crippen molar-refractivity contribution in [1.29, 1.82) is 0 Å². The molecule has 2 bridgehead atoms. The van der Waals surface area contributed by atoms with E-state index < -0.39 is 5.60 Å². The number of nitrogens with zero attached hydrogens (tertiary/aromatic N) is 2. The van der Waals surface area contributed by atoms with Crippen LogP contribution < -0.4 is 9.98 Å². The largest absolute Gasteiger partial charge is 0.376 e. The zero-order valence-corrected chi connectivity index (χ0v) is 16.9. The summed E-state index contributed by atoms with van der Waals surface area (Å²) in [6.07, 6.45) is 4.47. The third-order valence-corrected chi connectivity index (χ3v) is 7.03. The molecule has 2 saturated heterocycles. The molecule has 0 aromatic heterocycles. The Morgan fingerprint density at radius 3 is 2.25 bits per heavy atom. The second-order valence-electron chi connectivity index (χ2n) is 7.81. The van der Waals surface area contributed by atoms with E-state index in [9.17, 15) is 5.11 Å². The van der Waals surface area contributed by atoms with Gasteiger partial charge in [0.1, 0.15) is 0 Å². The smallest absolute Gasteiger partial charge is 0.375 e. The Balaban J connectivity index is 1.64. The number of halogens is 2. The molecular weight excluding hydrogens is 393 g/mol. The van der Waals surface area contributed by atoms with Gasteiger partial charge in [-0.15, -0.1) is 0 Å². The van der Waals surface area contributed by atoms with Crippen LogP contribution >= 0.6 is 23.2 Å². The van der Waals surface area contributed by atoms with Gasteiger partial charge in [-0.1, -0.05) is 59.6 Å². The van der Waals surface area contributed by atoms with Crippen LogP contribution in [0, 0.1) is 0 Å². The summed E-state index contributed by atoms with van der Waals surface area (Å²) in [6.45, 7) is 0.674. The van der Waals surface area contributed by atoms with E-state index in [0.717, 1.165) is 24.0 Å². The van der Waals surface area contributed by atoms with Gasteiger partial charge in [0, 0.05) is 22.5 Å². The van der Waals surface area contributed by atoms with Crippen LogP contribution in [0.25, 0.3) is 0 Å². The number of aliphatic hydroxyl groups is 1. The molecule has 5 rings (SSSR count). The van der Waals surface area contributed by atoms with Gasteiger partial charge in [0.2, 0.25) is 6.21 Å². The van der Waals surface area contributed by atoms with Crippen molar-refractivity contribution in [3.05, 3.63) is 69.7 Å². The van der Waals surface area contributed by atoms with Crippen molar-refractivity contribution in [3.8, 4) is 0 Å². The molecule has 28 heavy (non-hydrogen) atoms. The lowest BCUT2D eigenvalue weighted by Gasteiger charge is -2.35. The number of fused-ring (bicyclic) bond motifs is 2. The second-order valence-corrected chi connectivity index (χ2v) is 8.62. The summed E-state index contributed by atoms with van der Waals surface area (Å²) in [6, 6.07) is 16.0. The lowest BCUT2D eigenvalue weighted by Crippen LogP contribution is -2.55. The topological polar surface area (TPSA) is 49.6 Å². The fraction of sp³-hybridized carbons (Fsp3) is 0.364. The first-order chi connectivity index (χ1) is 13.6. The maximum Gasteiger partial charge on any atom is 0.376 e. The minimum atomic E-state index is -0.962. The SMILES string of the molecule is OC1(C2=[N+]=CCN2)CC2CCC1N2C(c1ccccc1Cl)c1ccccc1Cl. The number of benzene rings is 2. The summed E-state index contributed by atoms with van der Waals surface area (Å²) in [5.41, 5.74) is 1.08. The molecule has 3 unspecified atom stereocenters. The van der Waals surface area contributed by atoms with Gasteiger partial charge < -0.3 is 5.11 Å². The van der Waals surface area contributed by atoms with Gasteiger partial charge in [0.05, 0.1) is 12.1 Å². The third kappa shape index (κ3) is 2.72. The fourth-order valence-corrected chi connectivity index (χ4v) is 5.69. The first-order valence-corrected chi connectivity index (χ1v) is 10.5. The third-order valence-electron chi connectivity index (χ3n) is 6.34. The van der Waals surface area contributed by atoms with Crippen LogP contribution in [-0.4, -0.2) is 46.3 Å². The van der Waals surface area contributed by atoms with E-state index in [1.807, 2.05) is 42.6 Å². The highest BCUT2D eigenvalue weighted by atomic mass is 35.5. The average Bonchev–Trinajstić information content (AvgIpc) is 3.41. The lowest BCUT2D eigenvalue weighted by atomic mass is 9.83. The summed E-state index contributed by atoms with van der Waals surface area (Å²) < 4.78 is 4.43. The first kappa shape index (κ1) is 18.2. The predicted molar refractivity (Wildman–Crippen MR) is 114 cm³/mol. The summed E-state index contributed by atoms with van der Waals surface area (Å²) in [5, 5.41) is 16.3. The molecule has 4 nitrogen and oxygen atoms in total. The maximum atomic E-state index is 11.6. The van der Waals surface area contributed by atoms with Gasteiger partial charge in [-0.2, -0.15) is 0 Å². The van der Waals surface area contributed by atoms with Gasteiger partial charge in [-0.25, -0.2) is 4.67 Å². The number of hydrogen-bond donors (Lipinski definition) is 2. The number of rotatable bonds is 4. The summed E-state index contributed by atoms with van der Waals surface area (Å²) in [5.74, 6) is 0.696. The zero-order chi connectivity index (χ0) is 19.3. The van der Waals surface area contributed by atoms with Gasteiger partial charge in [-0.05, 0) is 36.1 Å². The average molecular weight is 415 g/mol. The molecule has 3 atom stereocenters. The molecule has 3 aliphatic heterocycles. The molecule has 3 heterocycles. The van der Waals surface area contributed by atoms with Crippen molar-refractivity contribution in [2.75, 3.05) is 6.54 Å². The molecule has 0 amide bonds. The molecule has 2 aromatic rings. The van der Waals surface area contributed by atoms with E-state index in [-0.39, 0.29) is 18.1 Å². The summed E-state index contributed by atoms with van der Waals surface area (Å²) in [7, 11) is 0. The standard InChI is InChI=1S/C22H21Cl2N3O/c23-17-7-3-1-5-15(17)20(16-6-2-4-8-18(16)24)27-14-9-10-19(27)22(28,13-14)21-25-11-12-26-21/h1-8,11,14,19-20,28H,9-10,12-13H2/p+1. The lowest BCUT2D eigenvalue weighted by molar-refractivity contribution is 0.0565. The minimum Gasteiger partial charge on any atom is -0.375 e. The normalized spacial score (nSPS) is 28.8. The monoisotopic (exact) mass is 414 g/mol. The number of amidine groups is 1. The Morgan fingerprint density at radius 2 is 1.68 bits per heavy atom. The maximum absolute atomic E-state index is 11.6. The van der Waals surface area contributed by atoms with Crippen molar-refractivity contribution >= 4 is 35.3 Å². The van der Waals surface area contributed by atoms with Gasteiger partial charge in [0.15, 0.2) is 12.1 Å². The van der Waals surface area contributed by atoms with Crippen molar-refractivity contribution in [3.63, 3.8) is 0 Å². The van der Waals surface area contributed by atoms with E-state index in [1.165, 1.54) is 0 Å². The Kier molecular flexibility index (Phi) is 4.50. The zero-order valence-electron chi connectivity index (χ0n) is 15.4. The predicted octanol–water partition coefficient (Wildman–Crippen LogP) is 3.19. The Hall–Kier alpha value is -1.81. The van der Waals surface area contributed by atoms with Gasteiger partial charge in [0.25, 0.3) is 0 Å². The van der Waals surface area contributed by atoms with E-state index >= 15 is 0 Å². The highest BCUT2D eigenvalue weighted by Crippen LogP contribution is 2.51. The molecule has 144 valence electrons. The van der Waals surface area contributed by atoms with Crippen LogP contribution in [0.15, 0.2) is 48.5 Å². The summed E-state index contributed by atoms with van der Waals surface area (Å²) in [4.78, 5) is 2.42. The Bertz CT molecular complexity index is 942. The molecule has 6 heteroatoms. The molecule has 2 aromatic carbocycles. The Morgan fingerprint density at radius 1 is 1.04 bits per heavy atom. The molecule has 2 N–H and O–H groups in total. The van der Waals surface area contributed by atoms with Crippen LogP contribution in [-0.2, 0) is 0 Å². The highest BCUT2D eigenvalue weighted by molar-refractivity contribution is 6.32. The molecule has 3 aliphatic rings. The first-order valence-electron chi connectivity index (χ1n) is 9.72. The van der Waals surface area contributed by atoms with Crippen molar-refractivity contribution < 1.29 is 5.11 Å².